The molecule has 2 aromatic rings. The first-order valence-corrected chi connectivity index (χ1v) is 5.16. The lowest BCUT2D eigenvalue weighted by Gasteiger charge is -1.91. The molecule has 0 fully saturated rings. The summed E-state index contributed by atoms with van der Waals surface area (Å²) in [7, 11) is 0. The van der Waals surface area contributed by atoms with Crippen molar-refractivity contribution in [3.63, 3.8) is 0 Å². The van der Waals surface area contributed by atoms with Gasteiger partial charge in [0.05, 0.1) is 0 Å². The molecule has 74 valence electrons. The van der Waals surface area contributed by atoms with E-state index in [2.05, 4.69) is 22.9 Å². The topological polar surface area (TPSA) is 58.8 Å². The van der Waals surface area contributed by atoms with Crippen LogP contribution in [0.4, 0.5) is 0 Å². The van der Waals surface area contributed by atoms with Crippen molar-refractivity contribution in [2.24, 2.45) is 0 Å². The van der Waals surface area contributed by atoms with Gasteiger partial charge in [0.15, 0.2) is 5.69 Å². The van der Waals surface area contributed by atoms with E-state index in [0.29, 0.717) is 10.1 Å². The van der Waals surface area contributed by atoms with Crippen LogP contribution in [-0.2, 0) is 0 Å². The van der Waals surface area contributed by atoms with E-state index >= 15 is 0 Å². The average Bonchev–Trinajstić information content (AvgIpc) is 2.73. The third-order valence-corrected chi connectivity index (χ3v) is 2.98. The van der Waals surface area contributed by atoms with Crippen molar-refractivity contribution in [3.05, 3.63) is 30.2 Å². The Balaban J connectivity index is 2.48. The molecule has 0 bridgehead atoms. The van der Waals surface area contributed by atoms with E-state index in [1.807, 2.05) is 18.2 Å². The van der Waals surface area contributed by atoms with Gasteiger partial charge in [-0.05, 0) is 12.1 Å². The van der Waals surface area contributed by atoms with Gasteiger partial charge in [0.25, 0.3) is 0 Å². The second-order valence-corrected chi connectivity index (χ2v) is 3.74. The van der Waals surface area contributed by atoms with E-state index in [4.69, 9.17) is 9.44 Å². The number of hydrogen-bond acceptors (Lipinski definition) is 6. The zero-order valence-electron chi connectivity index (χ0n) is 7.41. The van der Waals surface area contributed by atoms with E-state index in [1.165, 1.54) is 11.3 Å². The average molecular weight is 235 g/mol. The van der Waals surface area contributed by atoms with E-state index in [0.717, 1.165) is 5.56 Å². The molecule has 0 saturated heterocycles. The van der Waals surface area contributed by atoms with Gasteiger partial charge in [0.1, 0.15) is 11.1 Å². The zero-order valence-corrected chi connectivity index (χ0v) is 9.13. The number of hydrogen-bond donors (Lipinski definition) is 1. The summed E-state index contributed by atoms with van der Waals surface area (Å²) in [6.07, 6.45) is 3.36. The van der Waals surface area contributed by atoms with Crippen LogP contribution >= 0.6 is 24.2 Å². The maximum atomic E-state index is 8.77. The van der Waals surface area contributed by atoms with Gasteiger partial charge in [-0.2, -0.15) is 5.26 Å². The zero-order chi connectivity index (χ0) is 10.7. The summed E-state index contributed by atoms with van der Waals surface area (Å²) in [4.78, 5) is 8.09. The van der Waals surface area contributed by atoms with Crippen molar-refractivity contribution in [2.45, 2.75) is 0 Å². The fraction of sp³-hybridized carbons (Fsp3) is 0. The van der Waals surface area contributed by atoms with Crippen LogP contribution in [-0.4, -0.2) is 9.97 Å². The van der Waals surface area contributed by atoms with Crippen LogP contribution in [0.3, 0.4) is 0 Å². The summed E-state index contributed by atoms with van der Waals surface area (Å²) in [5.41, 5.74) is 1.10. The molecule has 0 aliphatic rings. The Morgan fingerprint density at radius 3 is 2.93 bits per heavy atom. The summed E-state index contributed by atoms with van der Waals surface area (Å²) in [6.45, 7) is 0. The first-order valence-electron chi connectivity index (χ1n) is 3.98. The molecule has 0 unspecified atom stereocenters. The van der Waals surface area contributed by atoms with E-state index in [-0.39, 0.29) is 5.69 Å². The van der Waals surface area contributed by atoms with Gasteiger partial charge in [0, 0.05) is 30.9 Å². The predicted octanol–water partition coefficient (Wildman–Crippen LogP) is 2.30. The smallest absolute Gasteiger partial charge is 0.229 e. The molecule has 0 saturated carbocycles. The second-order valence-electron chi connectivity index (χ2n) is 2.60. The fourth-order valence-corrected chi connectivity index (χ4v) is 2.03. The molecule has 0 radical (unpaired) electrons. The minimum Gasteiger partial charge on any atom is -0.415 e. The summed E-state index contributed by atoms with van der Waals surface area (Å²) in [5, 5.41) is 9.87. The maximum absolute atomic E-state index is 8.77. The Labute approximate surface area is 95.8 Å². The molecule has 0 aromatic carbocycles. The van der Waals surface area contributed by atoms with Gasteiger partial charge in [-0.3, -0.25) is 4.98 Å². The third-order valence-electron chi connectivity index (χ3n) is 1.69. The highest BCUT2D eigenvalue weighted by Gasteiger charge is 2.12. The standard InChI is InChI=1S/C9H5N3OS2/c10-4-7-9(13-14)15-8(12-7)6-2-1-3-11-5-6/h1-3,5,14H. The molecule has 2 rings (SSSR count). The van der Waals surface area contributed by atoms with Crippen molar-refractivity contribution in [2.75, 3.05) is 0 Å². The molecule has 0 N–H and O–H groups in total. The quantitative estimate of drug-likeness (QED) is 0.641. The minimum absolute atomic E-state index is 0.244. The van der Waals surface area contributed by atoms with Gasteiger partial charge in [0.2, 0.25) is 5.06 Å². The van der Waals surface area contributed by atoms with E-state index in [1.54, 1.807) is 12.4 Å². The maximum Gasteiger partial charge on any atom is 0.229 e. The molecule has 2 aromatic heterocycles. The molecule has 0 atom stereocenters. The van der Waals surface area contributed by atoms with Crippen LogP contribution in [0.5, 0.6) is 5.06 Å². The van der Waals surface area contributed by atoms with Crippen LogP contribution in [0.15, 0.2) is 24.5 Å². The molecule has 0 aliphatic heterocycles. The number of pyridine rings is 1. The van der Waals surface area contributed by atoms with Crippen molar-refractivity contribution in [1.29, 1.82) is 5.26 Å². The summed E-state index contributed by atoms with van der Waals surface area (Å²) in [6, 6.07) is 5.62. The summed E-state index contributed by atoms with van der Waals surface area (Å²) < 4.78 is 4.75. The fourth-order valence-electron chi connectivity index (χ4n) is 1.05. The largest absolute Gasteiger partial charge is 0.415 e. The first kappa shape index (κ1) is 9.96. The lowest BCUT2D eigenvalue weighted by atomic mass is 10.3. The van der Waals surface area contributed by atoms with Crippen molar-refractivity contribution in [1.82, 2.24) is 9.97 Å². The second kappa shape index (κ2) is 4.29. The van der Waals surface area contributed by atoms with E-state index < -0.39 is 0 Å². The Morgan fingerprint density at radius 1 is 1.53 bits per heavy atom. The number of aromatic nitrogens is 2. The van der Waals surface area contributed by atoms with Crippen LogP contribution in [0.25, 0.3) is 10.6 Å². The van der Waals surface area contributed by atoms with Crippen LogP contribution in [0.2, 0.25) is 0 Å². The lowest BCUT2D eigenvalue weighted by Crippen LogP contribution is -1.79. The highest BCUT2D eigenvalue weighted by atomic mass is 32.1. The van der Waals surface area contributed by atoms with Gasteiger partial charge in [-0.15, -0.1) is 0 Å². The van der Waals surface area contributed by atoms with Gasteiger partial charge in [-0.25, -0.2) is 4.98 Å². The Hall–Kier alpha value is -1.58. The molecule has 0 spiro atoms. The van der Waals surface area contributed by atoms with Crippen LogP contribution in [0.1, 0.15) is 5.69 Å². The molecule has 0 aliphatic carbocycles. The van der Waals surface area contributed by atoms with Crippen LogP contribution < -0.4 is 4.18 Å². The third kappa shape index (κ3) is 1.93. The number of thiol groups is 1. The van der Waals surface area contributed by atoms with Crippen LogP contribution in [0, 0.1) is 11.3 Å². The van der Waals surface area contributed by atoms with Crippen molar-refractivity contribution < 1.29 is 4.18 Å². The first-order chi connectivity index (χ1) is 7.35. The molecule has 15 heavy (non-hydrogen) atoms. The number of nitriles is 1. The molecular weight excluding hydrogens is 230 g/mol. The van der Waals surface area contributed by atoms with E-state index in [9.17, 15) is 0 Å². The predicted molar refractivity (Wildman–Crippen MR) is 59.7 cm³/mol. The molecule has 6 heteroatoms. The molecule has 0 amide bonds. The SMILES string of the molecule is N#Cc1nc(-c2cccnc2)sc1OS. The number of thiazole rings is 1. The highest BCUT2D eigenvalue weighted by Crippen LogP contribution is 2.33. The normalized spacial score (nSPS) is 9.60. The molecule has 2 heterocycles. The minimum atomic E-state index is 0.244. The highest BCUT2D eigenvalue weighted by molar-refractivity contribution is 7.75. The van der Waals surface area contributed by atoms with Gasteiger partial charge >= 0.3 is 0 Å². The van der Waals surface area contributed by atoms with Gasteiger partial charge < -0.3 is 4.18 Å². The Morgan fingerprint density at radius 2 is 2.40 bits per heavy atom. The van der Waals surface area contributed by atoms with Crippen molar-refractivity contribution in [3.8, 4) is 21.7 Å². The molecular formula is C9H5N3OS2. The monoisotopic (exact) mass is 235 g/mol. The van der Waals surface area contributed by atoms with Gasteiger partial charge in [-0.1, -0.05) is 11.3 Å². The summed E-state index contributed by atoms with van der Waals surface area (Å²) >= 11 is 4.93. The molecule has 4 nitrogen and oxygen atoms in total. The lowest BCUT2D eigenvalue weighted by molar-refractivity contribution is 0.673. The summed E-state index contributed by atoms with van der Waals surface area (Å²) in [5.74, 6) is 0. The number of rotatable bonds is 2. The Kier molecular flexibility index (Phi) is 2.85. The number of nitrogens with zero attached hydrogens (tertiary/aromatic N) is 3. The van der Waals surface area contributed by atoms with Crippen molar-refractivity contribution >= 4 is 24.2 Å². The Bertz CT molecular complexity index is 504.